The van der Waals surface area contributed by atoms with Gasteiger partial charge in [-0.3, -0.25) is 4.79 Å². The van der Waals surface area contributed by atoms with Gasteiger partial charge in [0, 0.05) is 13.1 Å². The molecule has 1 fully saturated rings. The van der Waals surface area contributed by atoms with Crippen LogP contribution in [0.4, 0.5) is 10.1 Å². The maximum Gasteiger partial charge on any atom is 0.337 e. The van der Waals surface area contributed by atoms with Crippen LogP contribution in [-0.4, -0.2) is 30.1 Å². The van der Waals surface area contributed by atoms with Gasteiger partial charge in [-0.25, -0.2) is 9.18 Å². The number of rotatable bonds is 3. The largest absolute Gasteiger partial charge is 0.478 e. The van der Waals surface area contributed by atoms with E-state index in [4.69, 9.17) is 10.8 Å². The van der Waals surface area contributed by atoms with Crippen molar-refractivity contribution < 1.29 is 19.1 Å². The van der Waals surface area contributed by atoms with Crippen molar-refractivity contribution in [2.75, 3.05) is 18.0 Å². The molecule has 0 aromatic heterocycles. The number of hydrogen-bond donors (Lipinski definition) is 2. The number of nitrogens with zero attached hydrogens (tertiary/aromatic N) is 1. The lowest BCUT2D eigenvalue weighted by atomic mass is 10.1. The summed E-state index contributed by atoms with van der Waals surface area (Å²) in [5.74, 6) is -2.58. The quantitative estimate of drug-likeness (QED) is 0.834. The molecule has 1 saturated heterocycles. The van der Waals surface area contributed by atoms with Crippen LogP contribution in [0.25, 0.3) is 0 Å². The topological polar surface area (TPSA) is 83.6 Å². The third-order valence-corrected chi connectivity index (χ3v) is 3.12. The van der Waals surface area contributed by atoms with Gasteiger partial charge in [-0.2, -0.15) is 0 Å². The Labute approximate surface area is 103 Å². The molecule has 96 valence electrons. The molecule has 6 heteroatoms. The van der Waals surface area contributed by atoms with E-state index in [-0.39, 0.29) is 23.7 Å². The minimum absolute atomic E-state index is 0.0359. The van der Waals surface area contributed by atoms with E-state index in [0.29, 0.717) is 13.0 Å². The Bertz CT molecular complexity index is 504. The zero-order chi connectivity index (χ0) is 13.3. The molecule has 0 saturated carbocycles. The number of carbonyl (C=O) groups is 2. The number of amides is 1. The first-order valence-corrected chi connectivity index (χ1v) is 5.56. The molecule has 1 atom stereocenters. The smallest absolute Gasteiger partial charge is 0.337 e. The van der Waals surface area contributed by atoms with Gasteiger partial charge in [0.2, 0.25) is 5.91 Å². The molecule has 1 aromatic rings. The minimum Gasteiger partial charge on any atom is -0.478 e. The van der Waals surface area contributed by atoms with Crippen LogP contribution < -0.4 is 10.6 Å². The molecule has 5 nitrogen and oxygen atoms in total. The average Bonchev–Trinajstić information content (AvgIpc) is 2.77. The second-order valence-corrected chi connectivity index (χ2v) is 4.28. The lowest BCUT2D eigenvalue weighted by Gasteiger charge is -2.20. The van der Waals surface area contributed by atoms with Crippen molar-refractivity contribution in [2.45, 2.75) is 6.42 Å². The number of aromatic carboxylic acids is 1. The van der Waals surface area contributed by atoms with Crippen LogP contribution in [0.15, 0.2) is 18.2 Å². The lowest BCUT2D eigenvalue weighted by Crippen LogP contribution is -2.28. The first-order chi connectivity index (χ1) is 8.50. The average molecular weight is 252 g/mol. The van der Waals surface area contributed by atoms with Crippen LogP contribution in [-0.2, 0) is 4.79 Å². The summed E-state index contributed by atoms with van der Waals surface area (Å²) in [6.45, 7) is 0.686. The van der Waals surface area contributed by atoms with Crippen molar-refractivity contribution in [1.82, 2.24) is 0 Å². The maximum absolute atomic E-state index is 13.8. The maximum atomic E-state index is 13.8. The van der Waals surface area contributed by atoms with Crippen molar-refractivity contribution >= 4 is 17.6 Å². The van der Waals surface area contributed by atoms with E-state index in [1.807, 2.05) is 0 Å². The van der Waals surface area contributed by atoms with Crippen molar-refractivity contribution in [3.05, 3.63) is 29.6 Å². The van der Waals surface area contributed by atoms with Crippen LogP contribution in [0.5, 0.6) is 0 Å². The summed E-state index contributed by atoms with van der Waals surface area (Å²) in [7, 11) is 0. The molecule has 1 aliphatic heterocycles. The van der Waals surface area contributed by atoms with E-state index >= 15 is 0 Å². The molecule has 1 aliphatic rings. The zero-order valence-corrected chi connectivity index (χ0v) is 9.60. The predicted molar refractivity (Wildman–Crippen MR) is 62.9 cm³/mol. The molecule has 18 heavy (non-hydrogen) atoms. The third kappa shape index (κ3) is 2.13. The summed E-state index contributed by atoms with van der Waals surface area (Å²) in [5.41, 5.74) is 5.14. The number of carboxylic acids is 1. The van der Waals surface area contributed by atoms with E-state index in [9.17, 15) is 14.0 Å². The van der Waals surface area contributed by atoms with Crippen molar-refractivity contribution in [2.24, 2.45) is 11.7 Å². The monoisotopic (exact) mass is 252 g/mol. The predicted octanol–water partition coefficient (Wildman–Crippen LogP) is 0.836. The Balaban J connectivity index is 2.34. The molecular weight excluding hydrogens is 239 g/mol. The lowest BCUT2D eigenvalue weighted by molar-refractivity contribution is -0.121. The highest BCUT2D eigenvalue weighted by Gasteiger charge is 2.30. The fourth-order valence-corrected chi connectivity index (χ4v) is 2.20. The fraction of sp³-hybridized carbons (Fsp3) is 0.333. The van der Waals surface area contributed by atoms with E-state index in [2.05, 4.69) is 0 Å². The molecule has 0 radical (unpaired) electrons. The molecule has 2 rings (SSSR count). The SMILES string of the molecule is NC(=O)C1CCN(c2c(F)cccc2C(=O)O)C1. The summed E-state index contributed by atoms with van der Waals surface area (Å²) in [4.78, 5) is 23.7. The molecule has 3 N–H and O–H groups in total. The Hall–Kier alpha value is -2.11. The number of para-hydroxylation sites is 1. The van der Waals surface area contributed by atoms with Gasteiger partial charge >= 0.3 is 5.97 Å². The molecule has 1 heterocycles. The number of primary amides is 1. The van der Waals surface area contributed by atoms with Gasteiger partial charge < -0.3 is 15.7 Å². The van der Waals surface area contributed by atoms with Gasteiger partial charge in [0.1, 0.15) is 5.82 Å². The van der Waals surface area contributed by atoms with Crippen molar-refractivity contribution in [3.63, 3.8) is 0 Å². The molecule has 1 amide bonds. The van der Waals surface area contributed by atoms with Crippen LogP contribution >= 0.6 is 0 Å². The van der Waals surface area contributed by atoms with Gasteiger partial charge in [0.25, 0.3) is 0 Å². The van der Waals surface area contributed by atoms with E-state index in [1.54, 1.807) is 4.90 Å². The van der Waals surface area contributed by atoms with Crippen LogP contribution in [0.2, 0.25) is 0 Å². The van der Waals surface area contributed by atoms with Crippen LogP contribution in [0.3, 0.4) is 0 Å². The number of anilines is 1. The van der Waals surface area contributed by atoms with Crippen LogP contribution in [0.1, 0.15) is 16.8 Å². The van der Waals surface area contributed by atoms with Crippen molar-refractivity contribution in [1.29, 1.82) is 0 Å². The summed E-state index contributed by atoms with van der Waals surface area (Å²) >= 11 is 0. The molecule has 1 unspecified atom stereocenters. The molecule has 0 bridgehead atoms. The molecule has 0 spiro atoms. The van der Waals surface area contributed by atoms with Gasteiger partial charge in [-0.1, -0.05) is 6.07 Å². The van der Waals surface area contributed by atoms with Gasteiger partial charge in [0.05, 0.1) is 17.2 Å². The van der Waals surface area contributed by atoms with E-state index < -0.39 is 17.7 Å². The molecular formula is C12H13FN2O3. The number of halogens is 1. The highest BCUT2D eigenvalue weighted by molar-refractivity contribution is 5.95. The summed E-state index contributed by atoms with van der Waals surface area (Å²) in [6.07, 6.45) is 0.517. The van der Waals surface area contributed by atoms with E-state index in [1.165, 1.54) is 18.2 Å². The minimum atomic E-state index is -1.19. The summed E-state index contributed by atoms with van der Waals surface area (Å²) < 4.78 is 13.8. The zero-order valence-electron chi connectivity index (χ0n) is 9.60. The summed E-state index contributed by atoms with van der Waals surface area (Å²) in [5, 5.41) is 9.04. The Kier molecular flexibility index (Phi) is 3.18. The number of carboxylic acid groups (broad SMARTS) is 1. The first-order valence-electron chi connectivity index (χ1n) is 5.56. The van der Waals surface area contributed by atoms with Gasteiger partial charge in [0.15, 0.2) is 0 Å². The molecule has 0 aliphatic carbocycles. The Morgan fingerprint density at radius 1 is 1.44 bits per heavy atom. The Morgan fingerprint density at radius 3 is 2.72 bits per heavy atom. The third-order valence-electron chi connectivity index (χ3n) is 3.12. The highest BCUT2D eigenvalue weighted by Crippen LogP contribution is 2.29. The first kappa shape index (κ1) is 12.3. The van der Waals surface area contributed by atoms with Gasteiger partial charge in [-0.05, 0) is 18.6 Å². The second kappa shape index (κ2) is 4.64. The number of nitrogens with two attached hydrogens (primary N) is 1. The fourth-order valence-electron chi connectivity index (χ4n) is 2.20. The standard InChI is InChI=1S/C12H13FN2O3/c13-9-3-1-2-8(12(17)18)10(9)15-5-4-7(6-15)11(14)16/h1-3,7H,4-6H2,(H2,14,16)(H,17,18). The summed E-state index contributed by atoms with van der Waals surface area (Å²) in [6, 6.07) is 3.90. The normalized spacial score (nSPS) is 18.9. The van der Waals surface area contributed by atoms with Gasteiger partial charge in [-0.15, -0.1) is 0 Å². The molecule has 1 aromatic carbocycles. The van der Waals surface area contributed by atoms with Crippen molar-refractivity contribution in [3.8, 4) is 0 Å². The highest BCUT2D eigenvalue weighted by atomic mass is 19.1. The number of benzene rings is 1. The van der Waals surface area contributed by atoms with Crippen LogP contribution in [0, 0.1) is 11.7 Å². The second-order valence-electron chi connectivity index (χ2n) is 4.28. The number of carbonyl (C=O) groups excluding carboxylic acids is 1. The van der Waals surface area contributed by atoms with E-state index in [0.717, 1.165) is 0 Å². The Morgan fingerprint density at radius 2 is 2.17 bits per heavy atom. The number of hydrogen-bond acceptors (Lipinski definition) is 3.